The van der Waals surface area contributed by atoms with E-state index in [1.165, 1.54) is 6.20 Å². The van der Waals surface area contributed by atoms with E-state index in [4.69, 9.17) is 10.5 Å². The highest BCUT2D eigenvalue weighted by molar-refractivity contribution is 6.09. The number of fused-ring (bicyclic) bond motifs is 1. The Balaban J connectivity index is 1.40. The lowest BCUT2D eigenvalue weighted by molar-refractivity contribution is 0.0523. The molecule has 8 nitrogen and oxygen atoms in total. The van der Waals surface area contributed by atoms with Gasteiger partial charge in [0.2, 0.25) is 0 Å². The summed E-state index contributed by atoms with van der Waals surface area (Å²) in [5, 5.41) is 2.78. The van der Waals surface area contributed by atoms with Crippen LogP contribution in [0.3, 0.4) is 0 Å². The maximum atomic E-state index is 11.6. The molecule has 0 aliphatic carbocycles. The summed E-state index contributed by atoms with van der Waals surface area (Å²) in [6.07, 6.45) is 5.52. The molecule has 1 aromatic carbocycles. The lowest BCUT2D eigenvalue weighted by atomic mass is 10.1. The maximum Gasteiger partial charge on any atom is 0.407 e. The molecule has 1 aliphatic rings. The lowest BCUT2D eigenvalue weighted by Gasteiger charge is -2.36. The Kier molecular flexibility index (Phi) is 6.99. The number of hydrogen-bond acceptors (Lipinski definition) is 7. The van der Waals surface area contributed by atoms with Crippen molar-refractivity contribution in [2.75, 3.05) is 26.2 Å². The van der Waals surface area contributed by atoms with Crippen LogP contribution in [-0.2, 0) is 4.74 Å². The normalized spacial score (nSPS) is 16.0. The van der Waals surface area contributed by atoms with Crippen LogP contribution in [0.5, 0.6) is 0 Å². The van der Waals surface area contributed by atoms with Crippen molar-refractivity contribution < 1.29 is 9.53 Å². The average molecular weight is 411 g/mol. The van der Waals surface area contributed by atoms with Gasteiger partial charge >= 0.3 is 6.09 Å². The molecule has 0 atom stereocenters. The first-order valence-corrected chi connectivity index (χ1v) is 10.2. The summed E-state index contributed by atoms with van der Waals surface area (Å²) < 4.78 is 5.22. The predicted octanol–water partition coefficient (Wildman–Crippen LogP) is 2.60. The zero-order valence-electron chi connectivity index (χ0n) is 17.8. The van der Waals surface area contributed by atoms with Gasteiger partial charge in [0.1, 0.15) is 5.60 Å². The molecule has 1 fully saturated rings. The number of nitrogens with two attached hydrogens (primary N) is 1. The quantitative estimate of drug-likeness (QED) is 0.537. The molecule has 1 aliphatic heterocycles. The summed E-state index contributed by atoms with van der Waals surface area (Å²) in [5.74, 6) is 0. The van der Waals surface area contributed by atoms with Crippen molar-refractivity contribution in [2.24, 2.45) is 10.7 Å². The zero-order valence-corrected chi connectivity index (χ0v) is 17.8. The van der Waals surface area contributed by atoms with Crippen LogP contribution in [0.15, 0.2) is 41.7 Å². The molecule has 30 heavy (non-hydrogen) atoms. The highest BCUT2D eigenvalue weighted by Gasteiger charge is 2.25. The number of likely N-dealkylation sites (tertiary alicyclic amines) is 1. The summed E-state index contributed by atoms with van der Waals surface area (Å²) in [7, 11) is 0. The van der Waals surface area contributed by atoms with Gasteiger partial charge in [0.05, 0.1) is 29.0 Å². The Labute approximate surface area is 177 Å². The van der Waals surface area contributed by atoms with Crippen LogP contribution in [0.2, 0.25) is 0 Å². The number of ether oxygens (including phenoxy) is 1. The maximum absolute atomic E-state index is 11.6. The first-order chi connectivity index (χ1) is 14.3. The summed E-state index contributed by atoms with van der Waals surface area (Å²) in [5.41, 5.74) is 8.47. The summed E-state index contributed by atoms with van der Waals surface area (Å²) in [4.78, 5) is 27.6. The van der Waals surface area contributed by atoms with Gasteiger partial charge in [0.15, 0.2) is 0 Å². The monoisotopic (exact) mass is 410 g/mol. The molecular formula is C22H30N6O2. The number of hydrogen-bond donors (Lipinski definition) is 2. The molecule has 1 saturated heterocycles. The summed E-state index contributed by atoms with van der Waals surface area (Å²) in [6.45, 7) is 8.85. The van der Waals surface area contributed by atoms with Crippen LogP contribution < -0.4 is 11.1 Å². The molecule has 1 aromatic heterocycles. The Morgan fingerprint density at radius 1 is 1.33 bits per heavy atom. The number of nitrogens with zero attached hydrogens (tertiary/aromatic N) is 4. The van der Waals surface area contributed by atoms with Crippen LogP contribution in [0.1, 0.15) is 32.9 Å². The third-order valence-electron chi connectivity index (χ3n) is 4.61. The van der Waals surface area contributed by atoms with Gasteiger partial charge in [-0.3, -0.25) is 14.9 Å². The molecule has 160 valence electrons. The molecule has 0 radical (unpaired) electrons. The van der Waals surface area contributed by atoms with Crippen LogP contribution in [0, 0.1) is 0 Å². The van der Waals surface area contributed by atoms with Crippen molar-refractivity contribution in [3.63, 3.8) is 0 Å². The fourth-order valence-electron chi connectivity index (χ4n) is 3.10. The van der Waals surface area contributed by atoms with E-state index in [1.807, 2.05) is 45.0 Å². The number of allylic oxidation sites excluding steroid dienone is 1. The molecule has 3 N–H and O–H groups in total. The second-order valence-corrected chi connectivity index (χ2v) is 8.34. The van der Waals surface area contributed by atoms with Crippen LogP contribution in [-0.4, -0.2) is 65.0 Å². The van der Waals surface area contributed by atoms with Gasteiger partial charge < -0.3 is 15.8 Å². The number of para-hydroxylation sites is 2. The van der Waals surface area contributed by atoms with E-state index in [0.717, 1.165) is 42.7 Å². The van der Waals surface area contributed by atoms with Gasteiger partial charge in [-0.05, 0) is 45.9 Å². The molecule has 0 unspecified atom stereocenters. The summed E-state index contributed by atoms with van der Waals surface area (Å²) >= 11 is 0. The molecule has 2 aromatic rings. The minimum absolute atomic E-state index is 0.243. The Hall–Kier alpha value is -3.00. The van der Waals surface area contributed by atoms with Crippen LogP contribution in [0.25, 0.3) is 16.6 Å². The minimum atomic E-state index is -0.470. The van der Waals surface area contributed by atoms with E-state index in [-0.39, 0.29) is 12.1 Å². The molecule has 1 amide bonds. The highest BCUT2D eigenvalue weighted by atomic mass is 16.6. The number of benzene rings is 1. The topological polar surface area (TPSA) is 106 Å². The highest BCUT2D eigenvalue weighted by Crippen LogP contribution is 2.16. The smallest absolute Gasteiger partial charge is 0.407 e. The largest absolute Gasteiger partial charge is 0.444 e. The second kappa shape index (κ2) is 9.67. The molecule has 0 saturated carbocycles. The average Bonchev–Trinajstić information content (AvgIpc) is 2.67. The molecule has 2 heterocycles. The standard InChI is InChI=1S/C22H30N6O2/c1-22(2,3)30-21(29)24-9-6-10-28-14-17(15-28)25-12-16(11-23)20-13-26-18-7-4-5-8-19(18)27-20/h4-5,7-8,11-13,17H,6,9-10,14-15,23H2,1-3H3,(H,24,29). The van der Waals surface area contributed by atoms with Crippen LogP contribution in [0.4, 0.5) is 4.79 Å². The van der Waals surface area contributed by atoms with E-state index in [2.05, 4.69) is 25.2 Å². The number of aromatic nitrogens is 2. The second-order valence-electron chi connectivity index (χ2n) is 8.34. The van der Waals surface area contributed by atoms with E-state index >= 15 is 0 Å². The number of aliphatic imine (C=N–C) groups is 1. The molecule has 0 bridgehead atoms. The lowest BCUT2D eigenvalue weighted by Crippen LogP contribution is -2.50. The number of amides is 1. The van der Waals surface area contributed by atoms with Crippen molar-refractivity contribution in [1.82, 2.24) is 20.2 Å². The number of nitrogens with one attached hydrogen (secondary N) is 1. The van der Waals surface area contributed by atoms with E-state index in [0.29, 0.717) is 12.2 Å². The first kappa shape index (κ1) is 21.7. The SMILES string of the molecule is CC(C)(C)OC(=O)NCCCN1CC(N=CC(=CN)c2cnc3ccccc3n2)C1. The van der Waals surface area contributed by atoms with Crippen molar-refractivity contribution >= 4 is 28.9 Å². The molecule has 8 heteroatoms. The zero-order chi connectivity index (χ0) is 21.6. The fourth-order valence-corrected chi connectivity index (χ4v) is 3.10. The number of carbonyl (C=O) groups excluding carboxylic acids is 1. The minimum Gasteiger partial charge on any atom is -0.444 e. The Morgan fingerprint density at radius 3 is 2.77 bits per heavy atom. The van der Waals surface area contributed by atoms with Crippen LogP contribution >= 0.6 is 0 Å². The molecular weight excluding hydrogens is 380 g/mol. The van der Waals surface area contributed by atoms with E-state index in [1.54, 1.807) is 12.4 Å². The van der Waals surface area contributed by atoms with E-state index in [9.17, 15) is 4.79 Å². The van der Waals surface area contributed by atoms with Gasteiger partial charge in [-0.2, -0.15) is 0 Å². The van der Waals surface area contributed by atoms with E-state index < -0.39 is 5.60 Å². The van der Waals surface area contributed by atoms with Gasteiger partial charge in [-0.1, -0.05) is 12.1 Å². The molecule has 0 spiro atoms. The number of rotatable bonds is 7. The van der Waals surface area contributed by atoms with Crippen molar-refractivity contribution in [3.05, 3.63) is 42.4 Å². The van der Waals surface area contributed by atoms with Crippen molar-refractivity contribution in [1.29, 1.82) is 0 Å². The Bertz CT molecular complexity index is 929. The third kappa shape index (κ3) is 6.25. The first-order valence-electron chi connectivity index (χ1n) is 10.2. The van der Waals surface area contributed by atoms with Gasteiger partial charge in [-0.15, -0.1) is 0 Å². The van der Waals surface area contributed by atoms with Crippen molar-refractivity contribution in [2.45, 2.75) is 38.8 Å². The fraction of sp³-hybridized carbons (Fsp3) is 0.455. The molecule has 3 rings (SSSR count). The Morgan fingerprint density at radius 2 is 2.07 bits per heavy atom. The summed E-state index contributed by atoms with van der Waals surface area (Å²) in [6, 6.07) is 7.98. The van der Waals surface area contributed by atoms with Gasteiger partial charge in [-0.25, -0.2) is 9.78 Å². The van der Waals surface area contributed by atoms with Gasteiger partial charge in [0, 0.05) is 37.6 Å². The number of alkyl carbamates (subject to hydrolysis) is 1. The predicted molar refractivity (Wildman–Crippen MR) is 119 cm³/mol. The van der Waals surface area contributed by atoms with Crippen molar-refractivity contribution in [3.8, 4) is 0 Å². The number of carbonyl (C=O) groups is 1. The van der Waals surface area contributed by atoms with Gasteiger partial charge in [0.25, 0.3) is 0 Å². The third-order valence-corrected chi connectivity index (χ3v) is 4.61.